The molecule has 1 unspecified atom stereocenters. The molecule has 0 saturated carbocycles. The van der Waals surface area contributed by atoms with E-state index in [0.29, 0.717) is 51.0 Å². The zero-order valence-electron chi connectivity index (χ0n) is 38.6. The molecule has 0 spiro atoms. The second-order valence-electron chi connectivity index (χ2n) is 17.7. The fourth-order valence-electron chi connectivity index (χ4n) is 9.60. The number of hydrogen-bond acceptors (Lipinski definition) is 10. The van der Waals surface area contributed by atoms with E-state index in [-0.39, 0.29) is 28.4 Å². The average Bonchev–Trinajstić information content (AvgIpc) is 3.63. The normalized spacial score (nSPS) is 18.2. The smallest absolute Gasteiger partial charge is 0.303 e. The summed E-state index contributed by atoms with van der Waals surface area (Å²) in [5, 5.41) is 12.3. The van der Waals surface area contributed by atoms with Crippen molar-refractivity contribution < 1.29 is 58.3 Å². The van der Waals surface area contributed by atoms with Gasteiger partial charge < -0.3 is 19.5 Å². The minimum atomic E-state index is -4.47. The van der Waals surface area contributed by atoms with Gasteiger partial charge in [0.1, 0.15) is 6.54 Å². The van der Waals surface area contributed by atoms with Crippen molar-refractivity contribution in [2.24, 2.45) is 0 Å². The first-order chi connectivity index (χ1) is 31.6. The third-order valence-electron chi connectivity index (χ3n) is 12.7. The van der Waals surface area contributed by atoms with Crippen molar-refractivity contribution in [3.63, 3.8) is 0 Å². The molecule has 6 rings (SSSR count). The van der Waals surface area contributed by atoms with Crippen LogP contribution in [0, 0.1) is 0 Å². The van der Waals surface area contributed by atoms with Crippen LogP contribution in [0.5, 0.6) is 0 Å². The molecular formula is C50H61N2O12S3+. The molecule has 3 N–H and O–H groups in total. The Morgan fingerprint density at radius 1 is 0.716 bits per heavy atom. The molecule has 2 heterocycles. The van der Waals surface area contributed by atoms with Crippen molar-refractivity contribution in [1.82, 2.24) is 0 Å². The van der Waals surface area contributed by atoms with Gasteiger partial charge in [-0.15, -0.1) is 0 Å². The van der Waals surface area contributed by atoms with Crippen LogP contribution in [0.3, 0.4) is 0 Å². The summed E-state index contributed by atoms with van der Waals surface area (Å²) in [4.78, 5) is 13.3. The molecule has 0 aromatic heterocycles. The molecule has 0 radical (unpaired) electrons. The Labute approximate surface area is 394 Å². The fourth-order valence-corrected chi connectivity index (χ4v) is 11.9. The number of unbranched alkanes of at least 4 members (excludes halogenated alkanes) is 2. The monoisotopic (exact) mass is 977 g/mol. The number of hydrogen-bond donors (Lipinski definition) is 3. The Morgan fingerprint density at radius 3 is 2.03 bits per heavy atom. The molecule has 67 heavy (non-hydrogen) atoms. The largest absolute Gasteiger partial charge is 0.481 e. The number of methoxy groups -OCH3 is 2. The van der Waals surface area contributed by atoms with E-state index in [4.69, 9.17) is 9.47 Å². The van der Waals surface area contributed by atoms with Crippen LogP contribution in [0.4, 0.5) is 11.4 Å². The Bertz CT molecular complexity index is 3020. The molecule has 0 fully saturated rings. The second kappa shape index (κ2) is 21.1. The molecule has 0 saturated heterocycles. The van der Waals surface area contributed by atoms with Gasteiger partial charge in [0.2, 0.25) is 5.69 Å². The van der Waals surface area contributed by atoms with Crippen LogP contribution >= 0.6 is 0 Å². The maximum atomic E-state index is 13.2. The standard InChI is InChI=1S/C50H60N2O12S3/c1-49(2)44(51(28-13-9-12-18-46(53)54)42-25-19-36-34-38(21-23-40(36)47(42)49)65(55,56)32-15-30-63-4)16-10-7-6-8-11-17-45-50(3,27-14-33-66(57,58)59)48-41-24-22-39(67(60,61)62)35-37(41)20-26-43(48)52(45)29-31-64-5/h6-8,10-11,16-17,19-26,34-35H,9,12-15,18,27-33H2,1-5H3,(H2-,53,54,57,58,59,60,61,62)/p+1. The molecular weight excluding hydrogens is 917 g/mol. The van der Waals surface area contributed by atoms with Crippen molar-refractivity contribution >= 4 is 74.7 Å². The number of benzene rings is 4. The van der Waals surface area contributed by atoms with E-state index < -0.39 is 52.6 Å². The number of carboxylic acid groups (broad SMARTS) is 1. The average molecular weight is 978 g/mol. The predicted octanol–water partition coefficient (Wildman–Crippen LogP) is 8.72. The lowest BCUT2D eigenvalue weighted by atomic mass is 9.76. The van der Waals surface area contributed by atoms with E-state index in [1.54, 1.807) is 38.5 Å². The van der Waals surface area contributed by atoms with Crippen LogP contribution in [0.2, 0.25) is 0 Å². The van der Waals surface area contributed by atoms with Crippen molar-refractivity contribution in [3.05, 3.63) is 120 Å². The second-order valence-corrected chi connectivity index (χ2v) is 22.8. The lowest BCUT2D eigenvalue weighted by molar-refractivity contribution is -0.438. The summed E-state index contributed by atoms with van der Waals surface area (Å²) in [7, 11) is -9.07. The number of carboxylic acids is 1. The number of allylic oxidation sites excluding steroid dienone is 8. The Morgan fingerprint density at radius 2 is 1.36 bits per heavy atom. The summed E-state index contributed by atoms with van der Waals surface area (Å²) in [5.41, 5.74) is 4.41. The summed E-state index contributed by atoms with van der Waals surface area (Å²) in [5.74, 6) is -1.27. The highest BCUT2D eigenvalue weighted by molar-refractivity contribution is 7.91. The molecule has 0 amide bonds. The minimum Gasteiger partial charge on any atom is -0.481 e. The summed E-state index contributed by atoms with van der Waals surface area (Å²) < 4.78 is 106. The number of anilines is 1. The topological polar surface area (TPSA) is 205 Å². The molecule has 0 bridgehead atoms. The lowest BCUT2D eigenvalue weighted by Gasteiger charge is -2.30. The molecule has 360 valence electrons. The summed E-state index contributed by atoms with van der Waals surface area (Å²) >= 11 is 0. The van der Waals surface area contributed by atoms with Crippen molar-refractivity contribution in [2.75, 3.05) is 56.9 Å². The maximum absolute atomic E-state index is 13.2. The van der Waals surface area contributed by atoms with Crippen molar-refractivity contribution in [1.29, 1.82) is 0 Å². The Kier molecular flexibility index (Phi) is 16.2. The van der Waals surface area contributed by atoms with E-state index in [2.05, 4.69) is 29.4 Å². The summed E-state index contributed by atoms with van der Waals surface area (Å²) in [6.07, 6.45) is 16.7. The Balaban J connectivity index is 1.33. The number of rotatable bonds is 23. The van der Waals surface area contributed by atoms with Gasteiger partial charge in [0.05, 0.1) is 33.3 Å². The van der Waals surface area contributed by atoms with Gasteiger partial charge in [-0.1, -0.05) is 48.6 Å². The first-order valence-electron chi connectivity index (χ1n) is 22.3. The Hall–Kier alpha value is -5.01. The predicted molar refractivity (Wildman–Crippen MR) is 263 cm³/mol. The van der Waals surface area contributed by atoms with Crippen LogP contribution in [0.15, 0.2) is 119 Å². The number of nitrogens with zero attached hydrogens (tertiary/aromatic N) is 2. The maximum Gasteiger partial charge on any atom is 0.303 e. The highest BCUT2D eigenvalue weighted by Gasteiger charge is 2.46. The van der Waals surface area contributed by atoms with E-state index in [1.165, 1.54) is 12.1 Å². The zero-order valence-corrected chi connectivity index (χ0v) is 41.1. The van der Waals surface area contributed by atoms with Crippen LogP contribution in [0.1, 0.15) is 76.8 Å². The van der Waals surface area contributed by atoms with Gasteiger partial charge in [-0.05, 0) is 122 Å². The lowest BCUT2D eigenvalue weighted by Crippen LogP contribution is -2.31. The number of ether oxygens (including phenoxy) is 2. The van der Waals surface area contributed by atoms with Gasteiger partial charge in [-0.2, -0.15) is 21.4 Å². The molecule has 4 aromatic rings. The van der Waals surface area contributed by atoms with E-state index in [0.717, 1.165) is 62.9 Å². The van der Waals surface area contributed by atoms with Crippen LogP contribution in [-0.2, 0) is 55.2 Å². The quantitative estimate of drug-likeness (QED) is 0.0276. The molecule has 14 nitrogen and oxygen atoms in total. The van der Waals surface area contributed by atoms with Crippen LogP contribution in [0.25, 0.3) is 21.5 Å². The highest BCUT2D eigenvalue weighted by atomic mass is 32.2. The number of sulfone groups is 1. The molecule has 0 aliphatic carbocycles. The van der Waals surface area contributed by atoms with E-state index in [1.807, 2.05) is 67.6 Å². The van der Waals surface area contributed by atoms with Gasteiger partial charge >= 0.3 is 5.97 Å². The van der Waals surface area contributed by atoms with Gasteiger partial charge in [-0.25, -0.2) is 8.42 Å². The first kappa shape index (κ1) is 51.4. The zero-order chi connectivity index (χ0) is 48.8. The molecule has 17 heteroatoms. The van der Waals surface area contributed by atoms with Crippen LogP contribution < -0.4 is 4.90 Å². The van der Waals surface area contributed by atoms with Gasteiger partial charge in [-0.3, -0.25) is 13.9 Å². The van der Waals surface area contributed by atoms with E-state index in [9.17, 15) is 44.3 Å². The third kappa shape index (κ3) is 11.6. The van der Waals surface area contributed by atoms with Crippen molar-refractivity contribution in [2.45, 2.75) is 86.3 Å². The molecule has 2 aliphatic rings. The van der Waals surface area contributed by atoms with Gasteiger partial charge in [0.25, 0.3) is 20.2 Å². The first-order valence-corrected chi connectivity index (χ1v) is 27.0. The summed E-state index contributed by atoms with van der Waals surface area (Å²) in [6.45, 7) is 8.15. The third-order valence-corrected chi connectivity index (χ3v) is 16.2. The fraction of sp³-hybridized carbons (Fsp3) is 0.400. The SMILES string of the molecule is COCCCS(=O)(=O)c1ccc2c3c(ccc2c1)[N+](CCCCCC(=O)O)=C(C=CC=CC=CC=C1N(CCOC)c2ccc4cc(S(=O)(=O)O)ccc4c2C1(C)CCCS(=O)(=O)O)C3(C)C. The number of carbonyl (C=O) groups is 1. The minimum absolute atomic E-state index is 0.0104. The van der Waals surface area contributed by atoms with Gasteiger partial charge in [0.15, 0.2) is 15.5 Å². The number of aliphatic carboxylic acids is 1. The molecule has 1 atom stereocenters. The number of fused-ring (bicyclic) bond motifs is 6. The van der Waals surface area contributed by atoms with Crippen LogP contribution in [-0.4, -0.2) is 108 Å². The summed E-state index contributed by atoms with van der Waals surface area (Å²) in [6, 6.07) is 17.4. The highest BCUT2D eigenvalue weighted by Crippen LogP contribution is 2.53. The van der Waals surface area contributed by atoms with Crippen molar-refractivity contribution in [3.8, 4) is 0 Å². The van der Waals surface area contributed by atoms with Gasteiger partial charge in [0, 0.05) is 74.7 Å². The molecule has 4 aromatic carbocycles. The molecule has 2 aliphatic heterocycles. The van der Waals surface area contributed by atoms with E-state index >= 15 is 0 Å².